The molecule has 3 nitrogen and oxygen atoms in total. The molecule has 0 aromatic heterocycles. The molecular formula is C12H21NO2. The topological polar surface area (TPSA) is 38.3 Å². The van der Waals surface area contributed by atoms with E-state index in [4.69, 9.17) is 4.74 Å². The zero-order valence-electron chi connectivity index (χ0n) is 9.82. The first-order valence-corrected chi connectivity index (χ1v) is 5.64. The summed E-state index contributed by atoms with van der Waals surface area (Å²) >= 11 is 0. The third kappa shape index (κ3) is 3.67. The quantitative estimate of drug-likeness (QED) is 0.570. The SMILES string of the molecule is COC(=O)C(C)C(C)NC1CC=CCC1. The number of nitrogens with one attached hydrogen (secondary N) is 1. The van der Waals surface area contributed by atoms with Gasteiger partial charge in [-0.1, -0.05) is 19.1 Å². The summed E-state index contributed by atoms with van der Waals surface area (Å²) in [7, 11) is 1.44. The van der Waals surface area contributed by atoms with E-state index in [0.29, 0.717) is 6.04 Å². The van der Waals surface area contributed by atoms with Gasteiger partial charge in [0, 0.05) is 12.1 Å². The fourth-order valence-electron chi connectivity index (χ4n) is 1.85. The van der Waals surface area contributed by atoms with Gasteiger partial charge in [0.1, 0.15) is 0 Å². The highest BCUT2D eigenvalue weighted by Crippen LogP contribution is 2.13. The van der Waals surface area contributed by atoms with E-state index in [0.717, 1.165) is 19.3 Å². The Bertz CT molecular complexity index is 238. The lowest BCUT2D eigenvalue weighted by Gasteiger charge is -2.26. The molecule has 0 spiro atoms. The van der Waals surface area contributed by atoms with Crippen LogP contribution in [0.1, 0.15) is 33.1 Å². The minimum Gasteiger partial charge on any atom is -0.469 e. The highest BCUT2D eigenvalue weighted by molar-refractivity contribution is 5.72. The summed E-state index contributed by atoms with van der Waals surface area (Å²) < 4.78 is 4.73. The predicted octanol–water partition coefficient (Wildman–Crippen LogP) is 1.88. The van der Waals surface area contributed by atoms with Crippen molar-refractivity contribution in [2.24, 2.45) is 5.92 Å². The summed E-state index contributed by atoms with van der Waals surface area (Å²) in [5.41, 5.74) is 0. The Balaban J connectivity index is 2.36. The molecule has 0 bridgehead atoms. The Labute approximate surface area is 91.9 Å². The molecule has 0 amide bonds. The van der Waals surface area contributed by atoms with Crippen molar-refractivity contribution >= 4 is 5.97 Å². The van der Waals surface area contributed by atoms with Gasteiger partial charge in [-0.05, 0) is 26.2 Å². The van der Waals surface area contributed by atoms with Crippen LogP contribution in [0.2, 0.25) is 0 Å². The van der Waals surface area contributed by atoms with Gasteiger partial charge in [0.05, 0.1) is 13.0 Å². The molecule has 1 aliphatic rings. The Hall–Kier alpha value is -0.830. The molecule has 86 valence electrons. The van der Waals surface area contributed by atoms with E-state index in [2.05, 4.69) is 17.5 Å². The second-order valence-corrected chi connectivity index (χ2v) is 4.25. The van der Waals surface area contributed by atoms with E-state index in [-0.39, 0.29) is 17.9 Å². The molecule has 1 N–H and O–H groups in total. The Kier molecular flexibility index (Phi) is 4.82. The maximum atomic E-state index is 11.3. The number of methoxy groups -OCH3 is 1. The fourth-order valence-corrected chi connectivity index (χ4v) is 1.85. The zero-order valence-corrected chi connectivity index (χ0v) is 9.82. The van der Waals surface area contributed by atoms with Crippen LogP contribution in [0.3, 0.4) is 0 Å². The van der Waals surface area contributed by atoms with Crippen LogP contribution in [0.4, 0.5) is 0 Å². The number of carbonyl (C=O) groups excluding carboxylic acids is 1. The van der Waals surface area contributed by atoms with Crippen LogP contribution in [-0.2, 0) is 9.53 Å². The molecule has 0 aliphatic heterocycles. The van der Waals surface area contributed by atoms with Crippen molar-refractivity contribution in [3.63, 3.8) is 0 Å². The Morgan fingerprint density at radius 2 is 2.20 bits per heavy atom. The molecule has 0 saturated carbocycles. The first-order valence-electron chi connectivity index (χ1n) is 5.64. The van der Waals surface area contributed by atoms with Crippen molar-refractivity contribution in [1.82, 2.24) is 5.32 Å². The molecule has 1 rings (SSSR count). The number of allylic oxidation sites excluding steroid dienone is 1. The van der Waals surface area contributed by atoms with Gasteiger partial charge in [-0.25, -0.2) is 0 Å². The van der Waals surface area contributed by atoms with Crippen molar-refractivity contribution in [2.45, 2.75) is 45.2 Å². The normalized spacial score (nSPS) is 24.6. The van der Waals surface area contributed by atoms with E-state index >= 15 is 0 Å². The fraction of sp³-hybridized carbons (Fsp3) is 0.750. The van der Waals surface area contributed by atoms with Gasteiger partial charge in [0.25, 0.3) is 0 Å². The average Bonchev–Trinajstić information content (AvgIpc) is 2.28. The smallest absolute Gasteiger partial charge is 0.309 e. The lowest BCUT2D eigenvalue weighted by molar-refractivity contribution is -0.145. The van der Waals surface area contributed by atoms with E-state index in [1.54, 1.807) is 0 Å². The van der Waals surface area contributed by atoms with Gasteiger partial charge in [-0.2, -0.15) is 0 Å². The number of ether oxygens (including phenoxy) is 1. The molecule has 0 aromatic carbocycles. The maximum absolute atomic E-state index is 11.3. The van der Waals surface area contributed by atoms with Crippen molar-refractivity contribution in [3.8, 4) is 0 Å². The standard InChI is InChI=1S/C12H21NO2/c1-9(12(14)15-3)10(2)13-11-7-5-4-6-8-11/h4-5,9-11,13H,6-8H2,1-3H3. The summed E-state index contributed by atoms with van der Waals surface area (Å²) in [6, 6.07) is 0.686. The zero-order chi connectivity index (χ0) is 11.3. The summed E-state index contributed by atoms with van der Waals surface area (Å²) in [5.74, 6) is -0.220. The predicted molar refractivity (Wildman–Crippen MR) is 60.6 cm³/mol. The Morgan fingerprint density at radius 3 is 2.73 bits per heavy atom. The Morgan fingerprint density at radius 1 is 1.47 bits per heavy atom. The largest absolute Gasteiger partial charge is 0.469 e. The van der Waals surface area contributed by atoms with Crippen molar-refractivity contribution in [3.05, 3.63) is 12.2 Å². The lowest BCUT2D eigenvalue weighted by atomic mass is 9.98. The van der Waals surface area contributed by atoms with Gasteiger partial charge in [-0.15, -0.1) is 0 Å². The van der Waals surface area contributed by atoms with Crippen molar-refractivity contribution in [2.75, 3.05) is 7.11 Å². The van der Waals surface area contributed by atoms with Crippen LogP contribution in [0, 0.1) is 5.92 Å². The molecule has 3 heteroatoms. The van der Waals surface area contributed by atoms with Gasteiger partial charge < -0.3 is 10.1 Å². The van der Waals surface area contributed by atoms with Crippen LogP contribution in [0.15, 0.2) is 12.2 Å². The molecule has 0 aromatic rings. The highest BCUT2D eigenvalue weighted by atomic mass is 16.5. The third-order valence-corrected chi connectivity index (χ3v) is 3.09. The summed E-state index contributed by atoms with van der Waals surface area (Å²) in [4.78, 5) is 11.3. The number of carbonyl (C=O) groups is 1. The van der Waals surface area contributed by atoms with Gasteiger partial charge in [0.2, 0.25) is 0 Å². The van der Waals surface area contributed by atoms with Gasteiger partial charge >= 0.3 is 5.97 Å². The highest BCUT2D eigenvalue weighted by Gasteiger charge is 2.23. The average molecular weight is 211 g/mol. The van der Waals surface area contributed by atoms with Crippen LogP contribution in [0.5, 0.6) is 0 Å². The molecule has 0 saturated heterocycles. The first kappa shape index (κ1) is 12.2. The van der Waals surface area contributed by atoms with E-state index in [1.165, 1.54) is 7.11 Å². The van der Waals surface area contributed by atoms with Crippen molar-refractivity contribution < 1.29 is 9.53 Å². The summed E-state index contributed by atoms with van der Waals surface area (Å²) in [6.07, 6.45) is 7.78. The van der Waals surface area contributed by atoms with E-state index in [1.807, 2.05) is 13.8 Å². The molecular weight excluding hydrogens is 190 g/mol. The molecule has 0 fully saturated rings. The second kappa shape index (κ2) is 5.91. The van der Waals surface area contributed by atoms with Gasteiger partial charge in [-0.3, -0.25) is 4.79 Å². The number of hydrogen-bond donors (Lipinski definition) is 1. The van der Waals surface area contributed by atoms with Crippen molar-refractivity contribution in [1.29, 1.82) is 0 Å². The van der Waals surface area contributed by atoms with Crippen LogP contribution in [0.25, 0.3) is 0 Å². The number of rotatable bonds is 4. The van der Waals surface area contributed by atoms with Gasteiger partial charge in [0.15, 0.2) is 0 Å². The van der Waals surface area contributed by atoms with Crippen LogP contribution in [-0.4, -0.2) is 25.2 Å². The molecule has 1 aliphatic carbocycles. The molecule has 3 unspecified atom stereocenters. The lowest BCUT2D eigenvalue weighted by Crippen LogP contribution is -2.43. The van der Waals surface area contributed by atoms with E-state index < -0.39 is 0 Å². The minimum atomic E-state index is -0.138. The minimum absolute atomic E-state index is 0.0825. The van der Waals surface area contributed by atoms with E-state index in [9.17, 15) is 4.79 Å². The third-order valence-electron chi connectivity index (χ3n) is 3.09. The van der Waals surface area contributed by atoms with Crippen LogP contribution < -0.4 is 5.32 Å². The van der Waals surface area contributed by atoms with Crippen LogP contribution >= 0.6 is 0 Å². The maximum Gasteiger partial charge on any atom is 0.309 e. The first-order chi connectivity index (χ1) is 7.15. The molecule has 0 heterocycles. The summed E-state index contributed by atoms with van der Waals surface area (Å²) in [5, 5.41) is 3.48. The molecule has 0 radical (unpaired) electrons. The molecule has 15 heavy (non-hydrogen) atoms. The second-order valence-electron chi connectivity index (χ2n) is 4.25. The summed E-state index contributed by atoms with van der Waals surface area (Å²) in [6.45, 7) is 3.95. The monoisotopic (exact) mass is 211 g/mol. The number of hydrogen-bond acceptors (Lipinski definition) is 3. The number of esters is 1. The molecule has 3 atom stereocenters.